The van der Waals surface area contributed by atoms with Crippen molar-refractivity contribution in [1.29, 1.82) is 0 Å². The highest BCUT2D eigenvalue weighted by Crippen LogP contribution is 2.28. The average molecular weight is 259 g/mol. The number of para-hydroxylation sites is 1. The van der Waals surface area contributed by atoms with E-state index in [2.05, 4.69) is 10.1 Å². The lowest BCUT2D eigenvalue weighted by atomic mass is 10.1. The van der Waals surface area contributed by atoms with Gasteiger partial charge in [0.25, 0.3) is 0 Å². The molecule has 0 spiro atoms. The lowest BCUT2D eigenvalue weighted by molar-refractivity contribution is 0.433. The Morgan fingerprint density at radius 2 is 2.06 bits per heavy atom. The molecule has 0 atom stereocenters. The van der Waals surface area contributed by atoms with Crippen molar-refractivity contribution in [2.45, 2.75) is 19.8 Å². The highest BCUT2D eigenvalue weighted by molar-refractivity contribution is 7.20. The minimum Gasteiger partial charge on any atom is -0.493 e. The smallest absolute Gasteiger partial charge is 0.216 e. The van der Waals surface area contributed by atoms with Crippen LogP contribution in [0.2, 0.25) is 0 Å². The van der Waals surface area contributed by atoms with Crippen molar-refractivity contribution >= 4 is 21.6 Å². The van der Waals surface area contributed by atoms with E-state index >= 15 is 0 Å². The van der Waals surface area contributed by atoms with Gasteiger partial charge in [-0.1, -0.05) is 37.3 Å². The summed E-state index contributed by atoms with van der Waals surface area (Å²) in [6, 6.07) is 9.59. The van der Waals surface area contributed by atoms with Crippen LogP contribution in [0.3, 0.4) is 0 Å². The van der Waals surface area contributed by atoms with Crippen LogP contribution in [-0.4, -0.2) is 19.9 Å². The number of aromatic hydroxyl groups is 1. The SMILES string of the molecule is CC(C)c1cc(O)n(-c2nc3ccccc3s2)n1. The standard InChI is InChI=1S/C13H13N3OS/c1-8(2)10-7-12(17)16(15-10)13-14-9-5-3-4-6-11(9)18-13/h3-8,17H,1-2H3. The first-order valence-corrected chi connectivity index (χ1v) is 6.61. The Balaban J connectivity index is 2.13. The molecule has 4 nitrogen and oxygen atoms in total. The molecule has 18 heavy (non-hydrogen) atoms. The van der Waals surface area contributed by atoms with E-state index in [1.54, 1.807) is 6.07 Å². The first-order valence-electron chi connectivity index (χ1n) is 5.80. The maximum atomic E-state index is 9.93. The van der Waals surface area contributed by atoms with Crippen LogP contribution in [-0.2, 0) is 0 Å². The monoisotopic (exact) mass is 259 g/mol. The van der Waals surface area contributed by atoms with E-state index < -0.39 is 0 Å². The summed E-state index contributed by atoms with van der Waals surface area (Å²) in [4.78, 5) is 4.48. The zero-order valence-corrected chi connectivity index (χ0v) is 11.0. The quantitative estimate of drug-likeness (QED) is 0.768. The topological polar surface area (TPSA) is 50.9 Å². The summed E-state index contributed by atoms with van der Waals surface area (Å²) < 4.78 is 2.59. The third-order valence-electron chi connectivity index (χ3n) is 2.76. The van der Waals surface area contributed by atoms with Crippen LogP contribution in [0.5, 0.6) is 5.88 Å². The van der Waals surface area contributed by atoms with Gasteiger partial charge in [-0.2, -0.15) is 9.78 Å². The number of nitrogens with zero attached hydrogens (tertiary/aromatic N) is 3. The van der Waals surface area contributed by atoms with Crippen molar-refractivity contribution in [3.8, 4) is 11.0 Å². The summed E-state index contributed by atoms with van der Waals surface area (Å²) in [5.74, 6) is 0.421. The summed E-state index contributed by atoms with van der Waals surface area (Å²) in [6.07, 6.45) is 0. The fraction of sp³-hybridized carbons (Fsp3) is 0.231. The Kier molecular flexibility index (Phi) is 2.56. The molecule has 0 radical (unpaired) electrons. The van der Waals surface area contributed by atoms with Gasteiger partial charge in [0, 0.05) is 6.07 Å². The van der Waals surface area contributed by atoms with Crippen molar-refractivity contribution in [3.63, 3.8) is 0 Å². The van der Waals surface area contributed by atoms with E-state index in [4.69, 9.17) is 0 Å². The first kappa shape index (κ1) is 11.2. The number of aromatic nitrogens is 3. The number of rotatable bonds is 2. The molecule has 1 N–H and O–H groups in total. The van der Waals surface area contributed by atoms with E-state index in [1.165, 1.54) is 16.0 Å². The predicted octanol–water partition coefficient (Wildman–Crippen LogP) is 3.31. The van der Waals surface area contributed by atoms with Crippen LogP contribution in [0.4, 0.5) is 0 Å². The van der Waals surface area contributed by atoms with E-state index in [9.17, 15) is 5.11 Å². The third-order valence-corrected chi connectivity index (χ3v) is 3.78. The Morgan fingerprint density at radius 3 is 2.72 bits per heavy atom. The van der Waals surface area contributed by atoms with Gasteiger partial charge in [0.15, 0.2) is 0 Å². The van der Waals surface area contributed by atoms with Gasteiger partial charge in [0.1, 0.15) is 0 Å². The Hall–Kier alpha value is -1.88. The second-order valence-corrected chi connectivity index (χ2v) is 5.47. The molecule has 0 unspecified atom stereocenters. The fourth-order valence-corrected chi connectivity index (χ4v) is 2.69. The molecule has 0 aliphatic rings. The van der Waals surface area contributed by atoms with Gasteiger partial charge in [-0.3, -0.25) is 0 Å². The maximum Gasteiger partial charge on any atom is 0.216 e. The van der Waals surface area contributed by atoms with Gasteiger partial charge in [0.2, 0.25) is 11.0 Å². The van der Waals surface area contributed by atoms with Crippen molar-refractivity contribution in [2.24, 2.45) is 0 Å². The molecule has 5 heteroatoms. The summed E-state index contributed by atoms with van der Waals surface area (Å²) in [5.41, 5.74) is 1.80. The number of benzene rings is 1. The summed E-state index contributed by atoms with van der Waals surface area (Å²) in [5, 5.41) is 15.0. The van der Waals surface area contributed by atoms with Crippen LogP contribution in [0.25, 0.3) is 15.3 Å². The van der Waals surface area contributed by atoms with Crippen LogP contribution in [0, 0.1) is 0 Å². The highest BCUT2D eigenvalue weighted by atomic mass is 32.1. The summed E-state index contributed by atoms with van der Waals surface area (Å²) in [7, 11) is 0. The van der Waals surface area contributed by atoms with Gasteiger partial charge in [0.05, 0.1) is 15.9 Å². The molecule has 0 aliphatic carbocycles. The molecule has 1 aromatic carbocycles. The van der Waals surface area contributed by atoms with Crippen molar-refractivity contribution in [3.05, 3.63) is 36.0 Å². The molecule has 92 valence electrons. The van der Waals surface area contributed by atoms with E-state index in [-0.39, 0.29) is 11.8 Å². The minimum absolute atomic E-state index is 0.137. The molecule has 3 aromatic rings. The molecule has 0 fully saturated rings. The molecule has 0 bridgehead atoms. The van der Waals surface area contributed by atoms with Crippen molar-refractivity contribution < 1.29 is 5.11 Å². The molecule has 0 aliphatic heterocycles. The molecule has 0 saturated heterocycles. The Morgan fingerprint density at radius 1 is 1.28 bits per heavy atom. The number of thiazole rings is 1. The molecular formula is C13H13N3OS. The second-order valence-electron chi connectivity index (χ2n) is 4.46. The molecule has 0 saturated carbocycles. The van der Waals surface area contributed by atoms with Gasteiger partial charge in [-0.25, -0.2) is 4.98 Å². The zero-order valence-electron chi connectivity index (χ0n) is 10.2. The zero-order chi connectivity index (χ0) is 12.7. The van der Waals surface area contributed by atoms with Crippen LogP contribution >= 0.6 is 11.3 Å². The van der Waals surface area contributed by atoms with Crippen LogP contribution < -0.4 is 0 Å². The largest absolute Gasteiger partial charge is 0.493 e. The third kappa shape index (κ3) is 1.76. The van der Waals surface area contributed by atoms with Crippen molar-refractivity contribution in [1.82, 2.24) is 14.8 Å². The maximum absolute atomic E-state index is 9.93. The Labute approximate surface area is 109 Å². The molecular weight excluding hydrogens is 246 g/mol. The normalized spacial score (nSPS) is 11.5. The molecule has 0 amide bonds. The Bertz CT molecular complexity index is 666. The second kappa shape index (κ2) is 4.10. The highest BCUT2D eigenvalue weighted by Gasteiger charge is 2.14. The summed E-state index contributed by atoms with van der Waals surface area (Å²) >= 11 is 1.52. The van der Waals surface area contributed by atoms with E-state index in [0.29, 0.717) is 5.13 Å². The van der Waals surface area contributed by atoms with Gasteiger partial charge in [-0.05, 0) is 18.1 Å². The molecule has 2 aromatic heterocycles. The lowest BCUT2D eigenvalue weighted by Gasteiger charge is -1.97. The number of hydrogen-bond donors (Lipinski definition) is 1. The summed E-state index contributed by atoms with van der Waals surface area (Å²) in [6.45, 7) is 4.09. The number of hydrogen-bond acceptors (Lipinski definition) is 4. The van der Waals surface area contributed by atoms with Gasteiger partial charge in [-0.15, -0.1) is 0 Å². The van der Waals surface area contributed by atoms with Crippen LogP contribution in [0.15, 0.2) is 30.3 Å². The minimum atomic E-state index is 0.137. The average Bonchev–Trinajstić information content (AvgIpc) is 2.91. The van der Waals surface area contributed by atoms with Gasteiger partial charge >= 0.3 is 0 Å². The molecule has 3 rings (SSSR count). The first-order chi connectivity index (χ1) is 8.65. The number of fused-ring (bicyclic) bond motifs is 1. The van der Waals surface area contributed by atoms with Crippen molar-refractivity contribution in [2.75, 3.05) is 0 Å². The van der Waals surface area contributed by atoms with E-state index in [0.717, 1.165) is 15.9 Å². The van der Waals surface area contributed by atoms with E-state index in [1.807, 2.05) is 38.1 Å². The van der Waals surface area contributed by atoms with Gasteiger partial charge < -0.3 is 5.11 Å². The van der Waals surface area contributed by atoms with Crippen LogP contribution in [0.1, 0.15) is 25.5 Å². The fourth-order valence-electron chi connectivity index (χ4n) is 1.76. The molecule has 2 heterocycles. The predicted molar refractivity (Wildman–Crippen MR) is 72.5 cm³/mol. The lowest BCUT2D eigenvalue weighted by Crippen LogP contribution is -1.97.